The van der Waals surface area contributed by atoms with Crippen molar-refractivity contribution in [3.63, 3.8) is 0 Å². The van der Waals surface area contributed by atoms with Crippen LogP contribution < -0.4 is 5.73 Å². The molecular weight excluding hydrogens is 697 g/mol. The van der Waals surface area contributed by atoms with E-state index >= 15 is 0 Å². The number of phosphoric acid groups is 1. The molecule has 0 rings (SSSR count). The molecule has 0 aliphatic carbocycles. The van der Waals surface area contributed by atoms with Gasteiger partial charge in [-0.25, -0.2) is 4.57 Å². The zero-order valence-electron chi connectivity index (χ0n) is 34.4. The van der Waals surface area contributed by atoms with Crippen LogP contribution in [0.25, 0.3) is 0 Å². The predicted molar refractivity (Wildman–Crippen MR) is 228 cm³/mol. The normalized spacial score (nSPS) is 14.1. The van der Waals surface area contributed by atoms with E-state index in [1.807, 2.05) is 18.2 Å². The molecule has 0 saturated heterocycles. The molecule has 0 amide bonds. The lowest BCUT2D eigenvalue weighted by atomic mass is 10.0. The van der Waals surface area contributed by atoms with E-state index in [0.29, 0.717) is 6.42 Å². The molecule has 2 atom stereocenters. The summed E-state index contributed by atoms with van der Waals surface area (Å²) in [6.45, 7) is 4.12. The number of allylic oxidation sites excluding steroid dienone is 11. The first-order valence-electron chi connectivity index (χ1n) is 21.5. The highest BCUT2D eigenvalue weighted by Crippen LogP contribution is 2.43. The molecule has 0 aromatic heterocycles. The van der Waals surface area contributed by atoms with Gasteiger partial charge in [-0.1, -0.05) is 171 Å². The van der Waals surface area contributed by atoms with Crippen molar-refractivity contribution in [3.05, 3.63) is 73.1 Å². The van der Waals surface area contributed by atoms with Crippen molar-refractivity contribution in [3.8, 4) is 0 Å². The summed E-state index contributed by atoms with van der Waals surface area (Å²) in [5.41, 5.74) is 5.35. The van der Waals surface area contributed by atoms with Gasteiger partial charge in [-0.15, -0.1) is 0 Å². The number of phosphoric ester groups is 1. The monoisotopic (exact) mass is 778 g/mol. The maximum Gasteiger partial charge on any atom is 0.472 e. The highest BCUT2D eigenvalue weighted by atomic mass is 31.2. The molecule has 2 unspecified atom stereocenters. The Morgan fingerprint density at radius 2 is 1.00 bits per heavy atom. The summed E-state index contributed by atoms with van der Waals surface area (Å²) in [5, 5.41) is 0. The maximum absolute atomic E-state index is 12.5. The largest absolute Gasteiger partial charge is 0.498 e. The fourth-order valence-electron chi connectivity index (χ4n) is 5.53. The number of rotatable bonds is 40. The molecule has 312 valence electrons. The number of carbonyl (C=O) groups is 1. The van der Waals surface area contributed by atoms with Gasteiger partial charge < -0.3 is 20.1 Å². The summed E-state index contributed by atoms with van der Waals surface area (Å²) in [6.07, 6.45) is 53.1. The quantitative estimate of drug-likeness (QED) is 0.0208. The van der Waals surface area contributed by atoms with Gasteiger partial charge >= 0.3 is 13.8 Å². The predicted octanol–water partition coefficient (Wildman–Crippen LogP) is 13.1. The number of esters is 1. The minimum absolute atomic E-state index is 0.000224. The molecule has 0 radical (unpaired) electrons. The van der Waals surface area contributed by atoms with E-state index in [2.05, 4.69) is 62.5 Å². The van der Waals surface area contributed by atoms with Crippen molar-refractivity contribution in [2.75, 3.05) is 26.4 Å². The fraction of sp³-hybridized carbons (Fsp3) is 0.711. The van der Waals surface area contributed by atoms with Crippen molar-refractivity contribution >= 4 is 13.8 Å². The Morgan fingerprint density at radius 3 is 1.52 bits per heavy atom. The second-order valence-electron chi connectivity index (χ2n) is 13.9. The molecule has 8 nitrogen and oxygen atoms in total. The zero-order valence-corrected chi connectivity index (χ0v) is 35.3. The highest BCUT2D eigenvalue weighted by Gasteiger charge is 2.25. The van der Waals surface area contributed by atoms with Gasteiger partial charge in [0, 0.05) is 13.0 Å². The minimum Gasteiger partial charge on any atom is -0.498 e. The first kappa shape index (κ1) is 51.8. The van der Waals surface area contributed by atoms with Crippen LogP contribution in [0, 0.1) is 0 Å². The summed E-state index contributed by atoms with van der Waals surface area (Å²) in [7, 11) is -4.31. The van der Waals surface area contributed by atoms with Crippen LogP contribution in [0.1, 0.15) is 174 Å². The van der Waals surface area contributed by atoms with E-state index in [1.165, 1.54) is 109 Å². The van der Waals surface area contributed by atoms with E-state index < -0.39 is 19.9 Å². The Morgan fingerprint density at radius 1 is 0.574 bits per heavy atom. The molecule has 0 aromatic rings. The Labute approximate surface area is 331 Å². The summed E-state index contributed by atoms with van der Waals surface area (Å²) >= 11 is 0. The smallest absolute Gasteiger partial charge is 0.472 e. The molecule has 0 aliphatic rings. The molecule has 0 aromatic carbocycles. The lowest BCUT2D eigenvalue weighted by molar-refractivity contribution is -0.153. The van der Waals surface area contributed by atoms with E-state index in [1.54, 1.807) is 6.26 Å². The molecule has 0 saturated carbocycles. The zero-order chi connectivity index (χ0) is 39.5. The standard InChI is InChI=1S/C45H80NO7P/c1-3-5-7-9-11-13-15-17-19-21-22-23-24-26-28-30-32-34-36-38-45(47)53-44(43-52-54(48,49)51-41-39-46)42-50-40-37-35-33-31-29-27-25-20-18-16-14-12-10-8-6-4-2/h11,13,17,19,22-23,26,28,32,34,37,40,44H,3-10,12,14-16,18,20-21,24-25,27,29-31,33,35-36,38-39,41-43,46H2,1-2H3,(H,48,49). The summed E-state index contributed by atoms with van der Waals surface area (Å²) in [4.78, 5) is 22.4. The minimum atomic E-state index is -4.31. The van der Waals surface area contributed by atoms with Crippen molar-refractivity contribution in [1.29, 1.82) is 0 Å². The van der Waals surface area contributed by atoms with Gasteiger partial charge in [0.1, 0.15) is 6.61 Å². The first-order chi connectivity index (χ1) is 26.4. The van der Waals surface area contributed by atoms with Gasteiger partial charge in [0.05, 0.1) is 19.5 Å². The summed E-state index contributed by atoms with van der Waals surface area (Å²) < 4.78 is 33.1. The maximum atomic E-state index is 12.5. The fourth-order valence-corrected chi connectivity index (χ4v) is 6.30. The number of carbonyl (C=O) groups excluding carboxylic acids is 1. The Balaban J connectivity index is 4.23. The summed E-state index contributed by atoms with van der Waals surface area (Å²) in [6, 6.07) is 0. The van der Waals surface area contributed by atoms with Crippen LogP contribution in [0.2, 0.25) is 0 Å². The van der Waals surface area contributed by atoms with Crippen LogP contribution in [0.3, 0.4) is 0 Å². The number of hydrogen-bond acceptors (Lipinski definition) is 7. The van der Waals surface area contributed by atoms with Gasteiger partial charge in [-0.05, 0) is 63.9 Å². The van der Waals surface area contributed by atoms with Gasteiger partial charge in [0.25, 0.3) is 0 Å². The van der Waals surface area contributed by atoms with E-state index in [0.717, 1.165) is 38.5 Å². The molecule has 54 heavy (non-hydrogen) atoms. The Hall–Kier alpha value is -2.22. The second kappa shape index (κ2) is 41.9. The SMILES string of the molecule is CCCCCC=CCC=CCC=CCC=CCC=CCCC(=O)OC(COC=CCCCCCCCCCCCCCCCC)COP(=O)(O)OCCN. The van der Waals surface area contributed by atoms with Gasteiger partial charge in [-0.2, -0.15) is 0 Å². The Bertz CT molecular complexity index is 1050. The average Bonchev–Trinajstić information content (AvgIpc) is 3.16. The van der Waals surface area contributed by atoms with Crippen molar-refractivity contribution < 1.29 is 32.8 Å². The number of nitrogens with two attached hydrogens (primary N) is 1. The molecule has 0 fully saturated rings. The third-order valence-corrected chi connectivity index (χ3v) is 9.69. The van der Waals surface area contributed by atoms with Gasteiger partial charge in [-0.3, -0.25) is 13.8 Å². The molecule has 0 aliphatic heterocycles. The van der Waals surface area contributed by atoms with Crippen LogP contribution >= 0.6 is 7.82 Å². The van der Waals surface area contributed by atoms with Crippen molar-refractivity contribution in [2.24, 2.45) is 5.73 Å². The van der Waals surface area contributed by atoms with Crippen LogP contribution in [0.15, 0.2) is 73.1 Å². The van der Waals surface area contributed by atoms with Crippen LogP contribution in [-0.4, -0.2) is 43.3 Å². The third-order valence-electron chi connectivity index (χ3n) is 8.70. The van der Waals surface area contributed by atoms with Crippen LogP contribution in [-0.2, 0) is 27.9 Å². The molecular formula is C45H80NO7P. The van der Waals surface area contributed by atoms with Crippen LogP contribution in [0.4, 0.5) is 0 Å². The van der Waals surface area contributed by atoms with Crippen molar-refractivity contribution in [1.82, 2.24) is 0 Å². The highest BCUT2D eigenvalue weighted by molar-refractivity contribution is 7.47. The molecule has 9 heteroatoms. The third kappa shape index (κ3) is 41.0. The number of ether oxygens (including phenoxy) is 2. The van der Waals surface area contributed by atoms with E-state index in [-0.39, 0.29) is 32.8 Å². The second-order valence-corrected chi connectivity index (χ2v) is 15.4. The molecule has 3 N–H and O–H groups in total. The molecule has 0 spiro atoms. The molecule has 0 heterocycles. The Kier molecular flexibility index (Phi) is 40.2. The average molecular weight is 778 g/mol. The summed E-state index contributed by atoms with van der Waals surface area (Å²) in [5.74, 6) is -0.434. The van der Waals surface area contributed by atoms with E-state index in [9.17, 15) is 14.3 Å². The number of unbranched alkanes of at least 4 members (excludes halogenated alkanes) is 17. The lowest BCUT2D eigenvalue weighted by Gasteiger charge is -2.19. The first-order valence-corrected chi connectivity index (χ1v) is 23.0. The lowest BCUT2D eigenvalue weighted by Crippen LogP contribution is -2.27. The van der Waals surface area contributed by atoms with Gasteiger partial charge in [0.15, 0.2) is 6.10 Å². The van der Waals surface area contributed by atoms with Crippen molar-refractivity contribution in [2.45, 2.75) is 180 Å². The number of hydrogen-bond donors (Lipinski definition) is 2. The molecule has 0 bridgehead atoms. The topological polar surface area (TPSA) is 117 Å². The van der Waals surface area contributed by atoms with Gasteiger partial charge in [0.2, 0.25) is 0 Å². The van der Waals surface area contributed by atoms with E-state index in [4.69, 9.17) is 24.3 Å². The van der Waals surface area contributed by atoms with Crippen LogP contribution in [0.5, 0.6) is 0 Å².